The van der Waals surface area contributed by atoms with Crippen LogP contribution in [0.1, 0.15) is 0 Å². The summed E-state index contributed by atoms with van der Waals surface area (Å²) in [7, 11) is 1.21. The largest absolute Gasteiger partial charge is 0.342 e. The van der Waals surface area contributed by atoms with E-state index in [1.165, 1.54) is 7.05 Å². The number of anilines is 3. The molecule has 0 saturated carbocycles. The van der Waals surface area contributed by atoms with Crippen molar-refractivity contribution in [3.05, 3.63) is 0 Å². The Bertz CT molecular complexity index is 435. The summed E-state index contributed by atoms with van der Waals surface area (Å²) in [6.07, 6.45) is -2.71. The number of nitrogens with zero attached hydrogens (tertiary/aromatic N) is 6. The van der Waals surface area contributed by atoms with Crippen LogP contribution in [-0.4, -0.2) is 82.7 Å². The van der Waals surface area contributed by atoms with Gasteiger partial charge in [-0.15, -0.1) is 0 Å². The minimum absolute atomic E-state index is 0.855. The molecule has 4 rings (SSSR count). The second-order valence-electron chi connectivity index (χ2n) is 5.08. The van der Waals surface area contributed by atoms with E-state index in [4.69, 9.17) is 15.3 Å². The summed E-state index contributed by atoms with van der Waals surface area (Å²) in [5, 5.41) is 25.3. The zero-order valence-corrected chi connectivity index (χ0v) is 11.8. The molecule has 0 bridgehead atoms. The average molecular weight is 297 g/mol. The van der Waals surface area contributed by atoms with Gasteiger partial charge in [-0.05, 0) is 7.05 Å². The first-order valence-corrected chi connectivity index (χ1v) is 6.83. The van der Waals surface area contributed by atoms with E-state index in [0.29, 0.717) is 0 Å². The van der Waals surface area contributed by atoms with Gasteiger partial charge in [0, 0.05) is 39.3 Å². The third-order valence-electron chi connectivity index (χ3n) is 3.13. The molecule has 10 heteroatoms. The number of hydrogen-bond donors (Lipinski definition) is 4. The van der Waals surface area contributed by atoms with Crippen molar-refractivity contribution in [2.45, 2.75) is 6.10 Å². The summed E-state index contributed by atoms with van der Waals surface area (Å²) in [5.74, 6) is 2.57. The van der Waals surface area contributed by atoms with Crippen LogP contribution in [0.5, 0.6) is 0 Å². The van der Waals surface area contributed by atoms with Crippen molar-refractivity contribution in [3.63, 3.8) is 0 Å². The van der Waals surface area contributed by atoms with E-state index in [1.807, 2.05) is 0 Å². The first-order chi connectivity index (χ1) is 9.96. The van der Waals surface area contributed by atoms with Gasteiger partial charge in [0.05, 0.1) is 0 Å². The van der Waals surface area contributed by atoms with Crippen molar-refractivity contribution in [1.82, 2.24) is 20.3 Å². The molecule has 4 N–H and O–H groups in total. The first-order valence-electron chi connectivity index (χ1n) is 6.83. The van der Waals surface area contributed by atoms with Gasteiger partial charge >= 0.3 is 6.10 Å². The summed E-state index contributed by atoms with van der Waals surface area (Å²) in [6, 6.07) is 0. The molecule has 3 aliphatic rings. The lowest BCUT2D eigenvalue weighted by molar-refractivity contribution is -0.328. The van der Waals surface area contributed by atoms with Crippen molar-refractivity contribution < 1.29 is 15.3 Å². The fourth-order valence-electron chi connectivity index (χ4n) is 1.52. The summed E-state index contributed by atoms with van der Waals surface area (Å²) >= 11 is 0. The summed E-state index contributed by atoms with van der Waals surface area (Å²) in [6.45, 7) is 6.52. The first kappa shape index (κ1) is 14.2. The number of rotatable bonds is 4. The molecule has 116 valence electrons. The van der Waals surface area contributed by atoms with E-state index >= 15 is 0 Å². The molecule has 3 fully saturated rings. The monoisotopic (exact) mass is 297 g/mol. The van der Waals surface area contributed by atoms with E-state index in [-0.39, 0.29) is 0 Å². The standard InChI is InChI=1S/C9H12N6.C2H7NO3/c1-2-13(1)7-10-8(14-3-4-14)12-9(11-7)15-5-6-15;1-3-2(4,5)6/h1-6H2;3-6H,1H3. The topological polar surface area (TPSA) is 120 Å². The molecule has 0 spiro atoms. The minimum atomic E-state index is -2.71. The van der Waals surface area contributed by atoms with Crippen LogP contribution in [0.25, 0.3) is 0 Å². The lowest BCUT2D eigenvalue weighted by atomic mass is 10.8. The Morgan fingerprint density at radius 2 is 1.00 bits per heavy atom. The van der Waals surface area contributed by atoms with Gasteiger partial charge in [0.2, 0.25) is 17.8 Å². The predicted molar refractivity (Wildman–Crippen MR) is 74.9 cm³/mol. The molecule has 3 aliphatic heterocycles. The van der Waals surface area contributed by atoms with Crippen LogP contribution in [-0.2, 0) is 0 Å². The molecule has 0 amide bonds. The van der Waals surface area contributed by atoms with Gasteiger partial charge in [-0.2, -0.15) is 15.0 Å². The Morgan fingerprint density at radius 1 is 0.762 bits per heavy atom. The molecule has 1 aromatic rings. The van der Waals surface area contributed by atoms with Gasteiger partial charge < -0.3 is 30.0 Å². The second-order valence-corrected chi connectivity index (χ2v) is 5.08. The molecule has 0 radical (unpaired) electrons. The summed E-state index contributed by atoms with van der Waals surface area (Å²) < 4.78 is 0. The normalized spacial score (nSPS) is 19.1. The van der Waals surface area contributed by atoms with Gasteiger partial charge in [0.15, 0.2) is 0 Å². The third kappa shape index (κ3) is 4.11. The maximum atomic E-state index is 7.83. The lowest BCUT2D eigenvalue weighted by Gasteiger charge is -2.09. The Labute approximate surface area is 121 Å². The van der Waals surface area contributed by atoms with E-state index < -0.39 is 6.10 Å². The molecule has 0 aromatic carbocycles. The van der Waals surface area contributed by atoms with Crippen molar-refractivity contribution in [1.29, 1.82) is 0 Å². The fraction of sp³-hybridized carbons (Fsp3) is 0.727. The predicted octanol–water partition coefficient (Wildman–Crippen LogP) is -2.87. The highest BCUT2D eigenvalue weighted by Gasteiger charge is 2.30. The molecule has 3 saturated heterocycles. The second kappa shape index (κ2) is 5.22. The zero-order valence-electron chi connectivity index (χ0n) is 11.8. The molecule has 0 atom stereocenters. The molecule has 10 nitrogen and oxygen atoms in total. The number of aliphatic hydroxyl groups is 3. The van der Waals surface area contributed by atoms with Crippen LogP contribution in [0.4, 0.5) is 17.8 Å². The van der Waals surface area contributed by atoms with Gasteiger partial charge in [-0.3, -0.25) is 0 Å². The van der Waals surface area contributed by atoms with Crippen LogP contribution in [0, 0.1) is 0 Å². The number of nitrogens with one attached hydrogen (secondary N) is 1. The Morgan fingerprint density at radius 3 is 1.14 bits per heavy atom. The summed E-state index contributed by atoms with van der Waals surface area (Å²) in [5.41, 5.74) is 0. The van der Waals surface area contributed by atoms with E-state index in [9.17, 15) is 0 Å². The van der Waals surface area contributed by atoms with Crippen molar-refractivity contribution in [2.75, 3.05) is 61.0 Å². The van der Waals surface area contributed by atoms with E-state index in [2.05, 4.69) is 29.7 Å². The Hall–Kier alpha value is -1.75. The highest BCUT2D eigenvalue weighted by Crippen LogP contribution is 2.26. The molecular weight excluding hydrogens is 278 g/mol. The molecule has 4 heterocycles. The molecule has 21 heavy (non-hydrogen) atoms. The number of aromatic nitrogens is 3. The van der Waals surface area contributed by atoms with Gasteiger partial charge in [-0.25, -0.2) is 5.32 Å². The maximum Gasteiger partial charge on any atom is 0.342 e. The Balaban J connectivity index is 0.000000192. The van der Waals surface area contributed by atoms with E-state index in [0.717, 1.165) is 57.1 Å². The van der Waals surface area contributed by atoms with Crippen LogP contribution < -0.4 is 20.0 Å². The Kier molecular flexibility index (Phi) is 3.53. The molecular formula is C11H19N7O3. The maximum absolute atomic E-state index is 7.83. The van der Waals surface area contributed by atoms with Crippen molar-refractivity contribution >= 4 is 17.8 Å². The molecule has 1 aromatic heterocycles. The quantitative estimate of drug-likeness (QED) is 0.341. The van der Waals surface area contributed by atoms with Gasteiger partial charge in [0.25, 0.3) is 0 Å². The van der Waals surface area contributed by atoms with E-state index in [1.54, 1.807) is 5.32 Å². The fourth-order valence-corrected chi connectivity index (χ4v) is 1.52. The van der Waals surface area contributed by atoms with Crippen LogP contribution >= 0.6 is 0 Å². The lowest BCUT2D eigenvalue weighted by Crippen LogP contribution is -2.41. The SMILES string of the molecule is C1CN1c1nc(N2CC2)nc(N2CC2)n1.CNC(O)(O)O. The molecule has 0 aliphatic carbocycles. The molecule has 0 unspecified atom stereocenters. The minimum Gasteiger partial charge on any atom is -0.337 e. The van der Waals surface area contributed by atoms with Crippen LogP contribution in [0.15, 0.2) is 0 Å². The highest BCUT2D eigenvalue weighted by atomic mass is 16.7. The van der Waals surface area contributed by atoms with Gasteiger partial charge in [-0.1, -0.05) is 0 Å². The van der Waals surface area contributed by atoms with Crippen LogP contribution in [0.3, 0.4) is 0 Å². The smallest absolute Gasteiger partial charge is 0.337 e. The van der Waals surface area contributed by atoms with Crippen molar-refractivity contribution in [3.8, 4) is 0 Å². The average Bonchev–Trinajstić information content (AvgIpc) is 3.34. The third-order valence-corrected chi connectivity index (χ3v) is 3.13. The zero-order chi connectivity index (χ0) is 15.0. The summed E-state index contributed by atoms with van der Waals surface area (Å²) in [4.78, 5) is 19.9. The highest BCUT2D eigenvalue weighted by molar-refractivity contribution is 5.52. The van der Waals surface area contributed by atoms with Crippen LogP contribution in [0.2, 0.25) is 0 Å². The van der Waals surface area contributed by atoms with Crippen molar-refractivity contribution in [2.24, 2.45) is 0 Å². The van der Waals surface area contributed by atoms with Gasteiger partial charge in [0.1, 0.15) is 0 Å². The number of hydrogen-bond acceptors (Lipinski definition) is 10.